The fraction of sp³-hybridized carbons (Fsp3) is 0.212. The Morgan fingerprint density at radius 2 is 1.61 bits per heavy atom. The number of carboxylic acids is 1. The van der Waals surface area contributed by atoms with E-state index in [1.54, 1.807) is 54.6 Å². The van der Waals surface area contributed by atoms with Crippen LogP contribution in [0.25, 0.3) is 0 Å². The molecule has 3 amide bonds. The van der Waals surface area contributed by atoms with E-state index in [-0.39, 0.29) is 17.9 Å². The zero-order valence-electron chi connectivity index (χ0n) is 24.0. The number of amides is 3. The van der Waals surface area contributed by atoms with Crippen LogP contribution in [0.4, 0.5) is 11.4 Å². The third kappa shape index (κ3) is 7.45. The topological polar surface area (TPSA) is 119 Å². The number of aliphatic carboxylic acids is 1. The van der Waals surface area contributed by atoms with Crippen LogP contribution >= 0.6 is 22.9 Å². The predicted molar refractivity (Wildman–Crippen MR) is 172 cm³/mol. The molecule has 0 spiro atoms. The van der Waals surface area contributed by atoms with Crippen LogP contribution < -0.4 is 15.5 Å². The molecule has 11 heteroatoms. The Balaban J connectivity index is 1.40. The third-order valence-corrected chi connectivity index (χ3v) is 8.49. The van der Waals surface area contributed by atoms with E-state index in [1.807, 2.05) is 41.5 Å². The van der Waals surface area contributed by atoms with Gasteiger partial charge in [-0.15, -0.1) is 11.3 Å². The van der Waals surface area contributed by atoms with E-state index in [0.29, 0.717) is 58.6 Å². The summed E-state index contributed by atoms with van der Waals surface area (Å²) >= 11 is 7.53. The van der Waals surface area contributed by atoms with Crippen molar-refractivity contribution >= 4 is 58.0 Å². The number of halogens is 1. The highest BCUT2D eigenvalue weighted by Gasteiger charge is 2.26. The number of thiophene rings is 1. The Labute approximate surface area is 264 Å². The third-order valence-electron chi connectivity index (χ3n) is 7.40. The normalized spacial score (nSPS) is 13.7. The van der Waals surface area contributed by atoms with Crippen LogP contribution in [0.5, 0.6) is 0 Å². The van der Waals surface area contributed by atoms with E-state index in [9.17, 15) is 24.3 Å². The van der Waals surface area contributed by atoms with Crippen molar-refractivity contribution in [2.75, 3.05) is 36.4 Å². The summed E-state index contributed by atoms with van der Waals surface area (Å²) in [5.74, 6) is -1.93. The first-order valence-electron chi connectivity index (χ1n) is 14.1. The molecule has 0 aliphatic carbocycles. The van der Waals surface area contributed by atoms with Gasteiger partial charge in [0, 0.05) is 42.3 Å². The summed E-state index contributed by atoms with van der Waals surface area (Å²) in [7, 11) is 0. The summed E-state index contributed by atoms with van der Waals surface area (Å²) in [6.07, 6.45) is -0.292. The zero-order valence-corrected chi connectivity index (χ0v) is 25.5. The number of aryl methyl sites for hydroxylation is 1. The fourth-order valence-corrected chi connectivity index (χ4v) is 5.93. The number of nitrogens with zero attached hydrogens (tertiary/aromatic N) is 2. The molecule has 3 N–H and O–H groups in total. The molecular formula is C33H31ClN4O5S. The van der Waals surface area contributed by atoms with Gasteiger partial charge in [0.1, 0.15) is 0 Å². The molecule has 0 radical (unpaired) electrons. The number of rotatable bonds is 9. The Hall–Kier alpha value is -4.67. The summed E-state index contributed by atoms with van der Waals surface area (Å²) in [5.41, 5.74) is 3.40. The second-order valence-electron chi connectivity index (χ2n) is 10.5. The summed E-state index contributed by atoms with van der Waals surface area (Å²) in [6, 6.07) is 21.8. The first kappa shape index (κ1) is 30.8. The molecule has 9 nitrogen and oxygen atoms in total. The van der Waals surface area contributed by atoms with E-state index in [1.165, 1.54) is 11.3 Å². The largest absolute Gasteiger partial charge is 0.481 e. The lowest BCUT2D eigenvalue weighted by molar-refractivity contribution is -0.137. The highest BCUT2D eigenvalue weighted by atomic mass is 35.5. The quantitative estimate of drug-likeness (QED) is 0.213. The van der Waals surface area contributed by atoms with Gasteiger partial charge in [0.05, 0.1) is 28.7 Å². The van der Waals surface area contributed by atoms with Crippen LogP contribution in [-0.2, 0) is 4.79 Å². The first-order valence-corrected chi connectivity index (χ1v) is 15.3. The summed E-state index contributed by atoms with van der Waals surface area (Å²) < 4.78 is 0. The summed E-state index contributed by atoms with van der Waals surface area (Å²) in [5, 5.41) is 17.6. The molecule has 1 aliphatic heterocycles. The Kier molecular flexibility index (Phi) is 9.62. The van der Waals surface area contributed by atoms with Crippen molar-refractivity contribution < 1.29 is 24.3 Å². The SMILES string of the molecule is Cc1ccc(C(CC(=O)O)NC(=O)c2ccc(N3CCN(C(=O)c4cccs4)CC3)c(NC(=O)c3cccc(Cl)c3)c2)cc1. The maximum Gasteiger partial charge on any atom is 0.305 e. The van der Waals surface area contributed by atoms with E-state index in [2.05, 4.69) is 15.5 Å². The second kappa shape index (κ2) is 13.7. The average Bonchev–Trinajstić information content (AvgIpc) is 3.56. The van der Waals surface area contributed by atoms with E-state index < -0.39 is 23.8 Å². The minimum Gasteiger partial charge on any atom is -0.481 e. The van der Waals surface area contributed by atoms with Gasteiger partial charge >= 0.3 is 5.97 Å². The lowest BCUT2D eigenvalue weighted by atomic mass is 10.0. The van der Waals surface area contributed by atoms with E-state index >= 15 is 0 Å². The van der Waals surface area contributed by atoms with Gasteiger partial charge in [0.15, 0.2) is 0 Å². The van der Waals surface area contributed by atoms with Gasteiger partial charge < -0.3 is 25.5 Å². The minimum absolute atomic E-state index is 0.00866. The van der Waals surface area contributed by atoms with E-state index in [4.69, 9.17) is 11.6 Å². The van der Waals surface area contributed by atoms with Crippen molar-refractivity contribution in [1.29, 1.82) is 0 Å². The van der Waals surface area contributed by atoms with Crippen molar-refractivity contribution in [3.8, 4) is 0 Å². The molecule has 1 aliphatic rings. The Morgan fingerprint density at radius 3 is 2.27 bits per heavy atom. The van der Waals surface area contributed by atoms with Gasteiger partial charge in [-0.2, -0.15) is 0 Å². The molecule has 5 rings (SSSR count). The second-order valence-corrected chi connectivity index (χ2v) is 11.9. The minimum atomic E-state index is -1.04. The number of piperazine rings is 1. The van der Waals surface area contributed by atoms with Gasteiger partial charge in [0.25, 0.3) is 17.7 Å². The van der Waals surface area contributed by atoms with Gasteiger partial charge in [0.2, 0.25) is 0 Å². The van der Waals surface area contributed by atoms with Gasteiger partial charge in [-0.05, 0) is 60.3 Å². The number of carbonyl (C=O) groups excluding carboxylic acids is 3. The van der Waals surface area contributed by atoms with Gasteiger partial charge in [-0.1, -0.05) is 53.6 Å². The molecule has 1 aromatic heterocycles. The summed E-state index contributed by atoms with van der Waals surface area (Å²) in [4.78, 5) is 55.8. The monoisotopic (exact) mass is 630 g/mol. The number of nitrogens with one attached hydrogen (secondary N) is 2. The molecule has 0 bridgehead atoms. The number of hydrogen-bond donors (Lipinski definition) is 3. The number of hydrogen-bond acceptors (Lipinski definition) is 6. The lowest BCUT2D eigenvalue weighted by Gasteiger charge is -2.37. The van der Waals surface area contributed by atoms with Crippen LogP contribution in [0.15, 0.2) is 84.2 Å². The molecule has 2 heterocycles. The van der Waals surface area contributed by atoms with Crippen molar-refractivity contribution in [1.82, 2.24) is 10.2 Å². The number of carbonyl (C=O) groups is 4. The molecule has 1 saturated heterocycles. The molecule has 1 unspecified atom stereocenters. The maximum absolute atomic E-state index is 13.5. The van der Waals surface area contributed by atoms with Crippen LogP contribution in [-0.4, -0.2) is 59.9 Å². The van der Waals surface area contributed by atoms with Crippen molar-refractivity contribution in [2.24, 2.45) is 0 Å². The number of carboxylic acid groups (broad SMARTS) is 1. The van der Waals surface area contributed by atoms with Crippen molar-refractivity contribution in [3.63, 3.8) is 0 Å². The maximum atomic E-state index is 13.5. The van der Waals surface area contributed by atoms with Crippen LogP contribution in [0.1, 0.15) is 54.0 Å². The highest BCUT2D eigenvalue weighted by molar-refractivity contribution is 7.12. The first-order chi connectivity index (χ1) is 21.2. The smallest absolute Gasteiger partial charge is 0.305 e. The zero-order chi connectivity index (χ0) is 31.2. The molecule has 1 atom stereocenters. The van der Waals surface area contributed by atoms with Crippen molar-refractivity contribution in [3.05, 3.63) is 116 Å². The van der Waals surface area contributed by atoms with Gasteiger partial charge in [-0.25, -0.2) is 0 Å². The van der Waals surface area contributed by atoms with Crippen molar-refractivity contribution in [2.45, 2.75) is 19.4 Å². The molecule has 3 aromatic carbocycles. The molecule has 1 fully saturated rings. The number of anilines is 2. The standard InChI is InChI=1S/C33H31ClN4O5S/c1-21-7-9-22(10-8-21)26(20-30(39)40)35-32(42)24-11-12-28(27(19-24)36-31(41)23-4-2-5-25(34)18-23)37-13-15-38(16-14-37)33(43)29-6-3-17-44-29/h2-12,17-19,26H,13-16,20H2,1H3,(H,35,42)(H,36,41)(H,39,40). The van der Waals surface area contributed by atoms with E-state index in [0.717, 1.165) is 5.56 Å². The Morgan fingerprint density at radius 1 is 0.886 bits per heavy atom. The number of benzene rings is 3. The van der Waals surface area contributed by atoms with Crippen LogP contribution in [0.2, 0.25) is 5.02 Å². The fourth-order valence-electron chi connectivity index (χ4n) is 5.05. The van der Waals surface area contributed by atoms with Gasteiger partial charge in [-0.3, -0.25) is 19.2 Å². The summed E-state index contributed by atoms with van der Waals surface area (Å²) in [6.45, 7) is 3.96. The molecule has 44 heavy (non-hydrogen) atoms. The Bertz CT molecular complexity index is 1670. The molecule has 4 aromatic rings. The lowest BCUT2D eigenvalue weighted by Crippen LogP contribution is -2.48. The predicted octanol–water partition coefficient (Wildman–Crippen LogP) is 5.87. The molecule has 226 valence electrons. The molecular weight excluding hydrogens is 600 g/mol. The van der Waals surface area contributed by atoms with Crippen LogP contribution in [0, 0.1) is 6.92 Å². The average molecular weight is 631 g/mol. The van der Waals surface area contributed by atoms with Crippen LogP contribution in [0.3, 0.4) is 0 Å². The highest BCUT2D eigenvalue weighted by Crippen LogP contribution is 2.30. The molecule has 0 saturated carbocycles.